The minimum absolute atomic E-state index is 0.0690. The van der Waals surface area contributed by atoms with E-state index in [0.29, 0.717) is 15.8 Å². The summed E-state index contributed by atoms with van der Waals surface area (Å²) in [6.45, 7) is 6.23. The first kappa shape index (κ1) is 23.9. The van der Waals surface area contributed by atoms with Crippen molar-refractivity contribution >= 4 is 28.2 Å². The van der Waals surface area contributed by atoms with Gasteiger partial charge in [-0.05, 0) is 75.9 Å². The highest BCUT2D eigenvalue weighted by Crippen LogP contribution is 2.30. The smallest absolute Gasteiger partial charge is 0.356 e. The molecule has 0 radical (unpaired) electrons. The average Bonchev–Trinajstić information content (AvgIpc) is 3.45. The Hall–Kier alpha value is -3.23. The van der Waals surface area contributed by atoms with Crippen LogP contribution in [-0.2, 0) is 6.42 Å². The molecule has 4 aromatic rings. The Bertz CT molecular complexity index is 1260. The molecule has 8 heteroatoms. The summed E-state index contributed by atoms with van der Waals surface area (Å²) in [6.07, 6.45) is 7.72. The standard InChI is InChI=1S/C15H20N2.C11H10N2O3S/c1-11-2-5-15-14(8-11)13(10-17-15)6-7-16-9-12-3-4-12;1-6-13-9(11(14)15)10(17-6)7-3-4-8(16-2)12-5-7/h2,5,8,10,12,16-17H,3-4,6-7,9H2,1H3;3-5H,1-2H3,(H,14,15). The fraction of sp³-hybridized carbons (Fsp3) is 0.346. The molecule has 0 saturated heterocycles. The summed E-state index contributed by atoms with van der Waals surface area (Å²) in [5, 5.41) is 14.7. The third kappa shape index (κ3) is 6.01. The van der Waals surface area contributed by atoms with Crippen LogP contribution in [0.1, 0.15) is 39.5 Å². The van der Waals surface area contributed by atoms with Gasteiger partial charge in [-0.2, -0.15) is 0 Å². The summed E-state index contributed by atoms with van der Waals surface area (Å²) >= 11 is 1.34. The van der Waals surface area contributed by atoms with Crippen molar-refractivity contribution in [1.29, 1.82) is 0 Å². The monoisotopic (exact) mass is 478 g/mol. The molecule has 5 rings (SSSR count). The van der Waals surface area contributed by atoms with E-state index in [0.717, 1.165) is 24.4 Å². The number of H-pyrrole nitrogens is 1. The minimum atomic E-state index is -1.03. The average molecular weight is 479 g/mol. The Labute approximate surface area is 203 Å². The van der Waals surface area contributed by atoms with Crippen LogP contribution < -0.4 is 10.1 Å². The molecule has 0 bridgehead atoms. The van der Waals surface area contributed by atoms with E-state index in [1.807, 2.05) is 0 Å². The molecular formula is C26H30N4O3S. The number of nitrogens with zero attached hydrogens (tertiary/aromatic N) is 2. The van der Waals surface area contributed by atoms with Gasteiger partial charge in [0.25, 0.3) is 0 Å². The number of nitrogens with one attached hydrogen (secondary N) is 2. The molecular weight excluding hydrogens is 448 g/mol. The van der Waals surface area contributed by atoms with Crippen molar-refractivity contribution < 1.29 is 14.6 Å². The Morgan fingerprint density at radius 3 is 2.76 bits per heavy atom. The molecule has 3 aromatic heterocycles. The molecule has 3 N–H and O–H groups in total. The van der Waals surface area contributed by atoms with Gasteiger partial charge in [0.2, 0.25) is 5.88 Å². The molecule has 1 aliphatic rings. The van der Waals surface area contributed by atoms with Crippen molar-refractivity contribution in [2.24, 2.45) is 5.92 Å². The molecule has 0 atom stereocenters. The molecule has 3 heterocycles. The van der Waals surface area contributed by atoms with Crippen LogP contribution in [0.4, 0.5) is 0 Å². The van der Waals surface area contributed by atoms with Gasteiger partial charge < -0.3 is 20.1 Å². The molecule has 1 fully saturated rings. The van der Waals surface area contributed by atoms with Crippen molar-refractivity contribution in [3.05, 3.63) is 64.6 Å². The predicted molar refractivity (Wildman–Crippen MR) is 136 cm³/mol. The molecule has 34 heavy (non-hydrogen) atoms. The van der Waals surface area contributed by atoms with Gasteiger partial charge in [-0.3, -0.25) is 0 Å². The number of carboxylic acids is 1. The van der Waals surface area contributed by atoms with Crippen molar-refractivity contribution in [3.63, 3.8) is 0 Å². The van der Waals surface area contributed by atoms with Gasteiger partial charge in [-0.25, -0.2) is 14.8 Å². The number of thiazole rings is 1. The lowest BCUT2D eigenvalue weighted by Crippen LogP contribution is -2.19. The summed E-state index contributed by atoms with van der Waals surface area (Å²) in [7, 11) is 1.53. The number of aromatic nitrogens is 3. The van der Waals surface area contributed by atoms with Crippen molar-refractivity contribution in [2.75, 3.05) is 20.2 Å². The Morgan fingerprint density at radius 2 is 2.09 bits per heavy atom. The number of hydrogen-bond acceptors (Lipinski definition) is 6. The fourth-order valence-electron chi connectivity index (χ4n) is 3.75. The molecule has 178 valence electrons. The molecule has 0 amide bonds. The topological polar surface area (TPSA) is 100 Å². The van der Waals surface area contributed by atoms with Crippen molar-refractivity contribution in [1.82, 2.24) is 20.3 Å². The van der Waals surface area contributed by atoms with Crippen LogP contribution in [0.5, 0.6) is 5.88 Å². The van der Waals surface area contributed by atoms with Crippen molar-refractivity contribution in [2.45, 2.75) is 33.1 Å². The first-order valence-corrected chi connectivity index (χ1v) is 12.2. The molecule has 1 saturated carbocycles. The number of aryl methyl sites for hydroxylation is 2. The molecule has 1 aliphatic carbocycles. The van der Waals surface area contributed by atoms with Crippen LogP contribution in [0.15, 0.2) is 42.7 Å². The highest BCUT2D eigenvalue weighted by Gasteiger charge is 2.20. The van der Waals surface area contributed by atoms with Gasteiger partial charge in [0.1, 0.15) is 0 Å². The van der Waals surface area contributed by atoms with Crippen LogP contribution in [0, 0.1) is 19.8 Å². The maximum absolute atomic E-state index is 11.0. The van der Waals surface area contributed by atoms with Crippen LogP contribution in [0.25, 0.3) is 21.3 Å². The number of aromatic carboxylic acids is 1. The summed E-state index contributed by atoms with van der Waals surface area (Å²) < 4.78 is 4.95. The zero-order chi connectivity index (χ0) is 24.1. The second-order valence-electron chi connectivity index (χ2n) is 8.57. The maximum Gasteiger partial charge on any atom is 0.356 e. The SMILES string of the molecule is COc1ccc(-c2sc(C)nc2C(=O)O)cn1.Cc1ccc2[nH]cc(CCNCC3CC3)c2c1. The summed E-state index contributed by atoms with van der Waals surface area (Å²) in [4.78, 5) is 23.0. The maximum atomic E-state index is 11.0. The molecule has 7 nitrogen and oxygen atoms in total. The van der Waals surface area contributed by atoms with Crippen LogP contribution in [-0.4, -0.2) is 46.2 Å². The Balaban J connectivity index is 0.000000161. The van der Waals surface area contributed by atoms with Crippen molar-refractivity contribution in [3.8, 4) is 16.3 Å². The highest BCUT2D eigenvalue weighted by atomic mass is 32.1. The van der Waals surface area contributed by atoms with E-state index in [1.54, 1.807) is 25.3 Å². The number of benzene rings is 1. The molecule has 1 aromatic carbocycles. The van der Waals surface area contributed by atoms with Crippen LogP contribution in [0.3, 0.4) is 0 Å². The quantitative estimate of drug-likeness (QED) is 0.300. The number of hydrogen-bond donors (Lipinski definition) is 3. The number of rotatable bonds is 8. The number of fused-ring (bicyclic) bond motifs is 1. The second-order valence-corrected chi connectivity index (χ2v) is 9.77. The summed E-state index contributed by atoms with van der Waals surface area (Å²) in [5.41, 5.74) is 4.83. The highest BCUT2D eigenvalue weighted by molar-refractivity contribution is 7.15. The summed E-state index contributed by atoms with van der Waals surface area (Å²) in [6, 6.07) is 10.1. The molecule has 0 unspecified atom stereocenters. The van der Waals surface area contributed by atoms with E-state index >= 15 is 0 Å². The van der Waals surface area contributed by atoms with E-state index in [1.165, 1.54) is 59.9 Å². The minimum Gasteiger partial charge on any atom is -0.481 e. The van der Waals surface area contributed by atoms with E-state index in [9.17, 15) is 4.79 Å². The fourth-order valence-corrected chi connectivity index (χ4v) is 4.65. The van der Waals surface area contributed by atoms with Crippen LogP contribution >= 0.6 is 11.3 Å². The zero-order valence-corrected chi connectivity index (χ0v) is 20.5. The third-order valence-electron chi connectivity index (χ3n) is 5.77. The normalized spacial score (nSPS) is 12.9. The predicted octanol–water partition coefficient (Wildman–Crippen LogP) is 5.24. The number of aromatic amines is 1. The number of carboxylic acid groups (broad SMARTS) is 1. The number of ether oxygens (including phenoxy) is 1. The first-order chi connectivity index (χ1) is 16.4. The lowest BCUT2D eigenvalue weighted by atomic mass is 10.1. The van der Waals surface area contributed by atoms with E-state index < -0.39 is 5.97 Å². The van der Waals surface area contributed by atoms with Gasteiger partial charge >= 0.3 is 5.97 Å². The lowest BCUT2D eigenvalue weighted by Gasteiger charge is -2.03. The number of carbonyl (C=O) groups is 1. The van der Waals surface area contributed by atoms with E-state index in [-0.39, 0.29) is 5.69 Å². The lowest BCUT2D eigenvalue weighted by molar-refractivity contribution is 0.0692. The van der Waals surface area contributed by atoms with Gasteiger partial charge in [0.05, 0.1) is 17.0 Å². The Kier molecular flexibility index (Phi) is 7.59. The largest absolute Gasteiger partial charge is 0.481 e. The van der Waals surface area contributed by atoms with Gasteiger partial charge in [0, 0.05) is 34.9 Å². The van der Waals surface area contributed by atoms with E-state index in [4.69, 9.17) is 9.84 Å². The third-order valence-corrected chi connectivity index (χ3v) is 6.79. The molecule has 0 spiro atoms. The second kappa shape index (κ2) is 10.8. The van der Waals surface area contributed by atoms with Gasteiger partial charge in [0.15, 0.2) is 5.69 Å². The van der Waals surface area contributed by atoms with E-state index in [2.05, 4.69) is 51.6 Å². The zero-order valence-electron chi connectivity index (χ0n) is 19.7. The first-order valence-electron chi connectivity index (χ1n) is 11.4. The number of pyridine rings is 1. The van der Waals surface area contributed by atoms with Gasteiger partial charge in [-0.1, -0.05) is 11.6 Å². The van der Waals surface area contributed by atoms with Gasteiger partial charge in [-0.15, -0.1) is 11.3 Å². The number of methoxy groups -OCH3 is 1. The molecule has 0 aliphatic heterocycles. The Morgan fingerprint density at radius 1 is 1.26 bits per heavy atom. The summed E-state index contributed by atoms with van der Waals surface area (Å²) in [5.74, 6) is 0.437. The van der Waals surface area contributed by atoms with Crippen LogP contribution in [0.2, 0.25) is 0 Å².